The van der Waals surface area contributed by atoms with Crippen LogP contribution in [0.5, 0.6) is 0 Å². The highest BCUT2D eigenvalue weighted by Crippen LogP contribution is 2.43. The van der Waals surface area contributed by atoms with Crippen molar-refractivity contribution in [3.05, 3.63) is 71.8 Å². The minimum Gasteiger partial charge on any atom is -0.448 e. The average molecular weight is 458 g/mol. The van der Waals surface area contributed by atoms with Crippen molar-refractivity contribution >= 4 is 29.5 Å². The number of nitrogens with zero attached hydrogens (tertiary/aromatic N) is 3. The Morgan fingerprint density at radius 3 is 2.06 bits per heavy atom. The topological polar surface area (TPSA) is 71.4 Å². The van der Waals surface area contributed by atoms with Gasteiger partial charge < -0.3 is 9.47 Å². The number of carbonyl (C=O) groups is 2. The van der Waals surface area contributed by atoms with Crippen LogP contribution in [0.4, 0.5) is 9.59 Å². The van der Waals surface area contributed by atoms with Gasteiger partial charge in [0.2, 0.25) is 0 Å². The summed E-state index contributed by atoms with van der Waals surface area (Å²) in [6.07, 6.45) is -1.42. The smallest absolute Gasteiger partial charge is 0.431 e. The molecule has 2 aromatic rings. The summed E-state index contributed by atoms with van der Waals surface area (Å²) in [5.41, 5.74) is 0.621. The summed E-state index contributed by atoms with van der Waals surface area (Å²) in [4.78, 5) is 31.6. The van der Waals surface area contributed by atoms with E-state index in [2.05, 4.69) is 0 Å². The zero-order chi connectivity index (χ0) is 23.3. The molecule has 1 aliphatic rings. The first-order valence-electron chi connectivity index (χ1n) is 10.7. The van der Waals surface area contributed by atoms with Crippen LogP contribution >= 0.6 is 11.6 Å². The van der Waals surface area contributed by atoms with E-state index in [1.807, 2.05) is 60.7 Å². The predicted molar refractivity (Wildman–Crippen MR) is 124 cm³/mol. The Labute approximate surface area is 193 Å². The Morgan fingerprint density at radius 1 is 1.00 bits per heavy atom. The zero-order valence-corrected chi connectivity index (χ0v) is 19.5. The van der Waals surface area contributed by atoms with Gasteiger partial charge in [0.15, 0.2) is 5.66 Å². The van der Waals surface area contributed by atoms with Crippen molar-refractivity contribution in [2.24, 2.45) is 4.99 Å². The third-order valence-electron chi connectivity index (χ3n) is 5.31. The van der Waals surface area contributed by atoms with Gasteiger partial charge in [-0.15, -0.1) is 11.6 Å². The van der Waals surface area contributed by atoms with Gasteiger partial charge in [-0.1, -0.05) is 60.7 Å². The Hall–Kier alpha value is -3.06. The molecule has 0 aromatic heterocycles. The summed E-state index contributed by atoms with van der Waals surface area (Å²) in [6, 6.07) is 18.1. The van der Waals surface area contributed by atoms with Gasteiger partial charge in [-0.25, -0.2) is 14.6 Å². The second-order valence-electron chi connectivity index (χ2n) is 7.30. The van der Waals surface area contributed by atoms with E-state index in [0.717, 1.165) is 5.56 Å². The van der Waals surface area contributed by atoms with E-state index in [1.54, 1.807) is 27.7 Å². The van der Waals surface area contributed by atoms with Gasteiger partial charge in [-0.3, -0.25) is 4.99 Å². The van der Waals surface area contributed by atoms with Crippen LogP contribution in [0.3, 0.4) is 0 Å². The average Bonchev–Trinajstić information content (AvgIpc) is 2.80. The SMILES string of the molecule is CCOC(=O)N1[C@H](C)C(c2ccccc2)=N[C@](c2ccccc2)([C@@H](C)Cl)N1C(=O)OCC. The molecule has 170 valence electrons. The van der Waals surface area contributed by atoms with Crippen molar-refractivity contribution in [1.82, 2.24) is 10.0 Å². The molecular formula is C24H28ClN3O4. The number of alkyl halides is 1. The van der Waals surface area contributed by atoms with Crippen LogP contribution in [0.15, 0.2) is 65.7 Å². The highest BCUT2D eigenvalue weighted by molar-refractivity contribution is 6.21. The summed E-state index contributed by atoms with van der Waals surface area (Å²) >= 11 is 6.80. The number of aliphatic imine (C=N–C) groups is 1. The highest BCUT2D eigenvalue weighted by Gasteiger charge is 2.56. The minimum atomic E-state index is -1.44. The van der Waals surface area contributed by atoms with Crippen LogP contribution in [0, 0.1) is 0 Å². The lowest BCUT2D eigenvalue weighted by Crippen LogP contribution is -2.69. The number of rotatable bonds is 5. The maximum Gasteiger partial charge on any atom is 0.431 e. The number of hydrazine groups is 1. The largest absolute Gasteiger partial charge is 0.448 e. The van der Waals surface area contributed by atoms with Gasteiger partial charge in [0.1, 0.15) is 0 Å². The van der Waals surface area contributed by atoms with Gasteiger partial charge in [0, 0.05) is 5.56 Å². The van der Waals surface area contributed by atoms with Crippen molar-refractivity contribution in [3.63, 3.8) is 0 Å². The van der Waals surface area contributed by atoms with Crippen LogP contribution in [0.2, 0.25) is 0 Å². The van der Waals surface area contributed by atoms with Gasteiger partial charge in [0.25, 0.3) is 0 Å². The highest BCUT2D eigenvalue weighted by atomic mass is 35.5. The van der Waals surface area contributed by atoms with E-state index in [9.17, 15) is 9.59 Å². The number of hydrogen-bond acceptors (Lipinski definition) is 5. The molecule has 0 spiro atoms. The maximum atomic E-state index is 13.3. The number of ether oxygens (including phenoxy) is 2. The van der Waals surface area contributed by atoms with Gasteiger partial charge in [0.05, 0.1) is 30.3 Å². The fourth-order valence-electron chi connectivity index (χ4n) is 3.89. The summed E-state index contributed by atoms with van der Waals surface area (Å²) in [5.74, 6) is 0. The lowest BCUT2D eigenvalue weighted by molar-refractivity contribution is -0.0975. The first-order valence-corrected chi connectivity index (χ1v) is 11.1. The van der Waals surface area contributed by atoms with Crippen molar-refractivity contribution < 1.29 is 19.1 Å². The van der Waals surface area contributed by atoms with Crippen molar-refractivity contribution in [2.75, 3.05) is 13.2 Å². The summed E-state index contributed by atoms with van der Waals surface area (Å²) in [6.45, 7) is 7.21. The molecule has 1 heterocycles. The second kappa shape index (κ2) is 10.0. The predicted octanol–water partition coefficient (Wildman–Crippen LogP) is 5.19. The van der Waals surface area contributed by atoms with Crippen molar-refractivity contribution in [1.29, 1.82) is 0 Å². The molecule has 7 nitrogen and oxygen atoms in total. The van der Waals surface area contributed by atoms with Gasteiger partial charge in [-0.05, 0) is 33.3 Å². The quantitative estimate of drug-likeness (QED) is 0.579. The molecule has 0 fully saturated rings. The number of hydrogen-bond donors (Lipinski definition) is 0. The third-order valence-corrected chi connectivity index (χ3v) is 5.61. The molecule has 0 unspecified atom stereocenters. The molecule has 0 saturated carbocycles. The monoisotopic (exact) mass is 457 g/mol. The Morgan fingerprint density at radius 2 is 1.53 bits per heavy atom. The normalized spacial score (nSPS) is 21.5. The molecule has 2 amide bonds. The molecule has 2 aromatic carbocycles. The lowest BCUT2D eigenvalue weighted by Gasteiger charge is -2.52. The number of halogens is 1. The van der Waals surface area contributed by atoms with E-state index in [-0.39, 0.29) is 13.2 Å². The standard InChI is InChI=1S/C24H28ClN3O4/c1-5-31-22(29)27-17(3)21(19-13-9-7-10-14-19)26-24(18(4)25,20-15-11-8-12-16-20)28(27)23(30)32-6-2/h7-18H,5-6H2,1-4H3/t17-,18-,24-/m1/s1. The van der Waals surface area contributed by atoms with Gasteiger partial charge in [-0.2, -0.15) is 5.01 Å². The molecular weight excluding hydrogens is 430 g/mol. The lowest BCUT2D eigenvalue weighted by atomic mass is 9.92. The van der Waals surface area contributed by atoms with E-state index in [1.165, 1.54) is 10.0 Å². The van der Waals surface area contributed by atoms with Crippen molar-refractivity contribution in [2.45, 2.75) is 44.8 Å². The first-order chi connectivity index (χ1) is 15.4. The van der Waals surface area contributed by atoms with Crippen LogP contribution in [0.25, 0.3) is 0 Å². The minimum absolute atomic E-state index is 0.122. The molecule has 32 heavy (non-hydrogen) atoms. The first kappa shape index (κ1) is 23.6. The summed E-state index contributed by atoms with van der Waals surface area (Å²) in [5, 5.41) is 1.75. The van der Waals surface area contributed by atoms with Crippen LogP contribution in [-0.4, -0.2) is 52.5 Å². The summed E-state index contributed by atoms with van der Waals surface area (Å²) < 4.78 is 10.7. The molecule has 0 saturated heterocycles. The fraction of sp³-hybridized carbons (Fsp3) is 0.375. The molecule has 8 heteroatoms. The van der Waals surface area contributed by atoms with E-state index < -0.39 is 29.3 Å². The maximum absolute atomic E-state index is 13.3. The van der Waals surface area contributed by atoms with Gasteiger partial charge >= 0.3 is 12.2 Å². The van der Waals surface area contributed by atoms with Crippen LogP contribution < -0.4 is 0 Å². The number of carbonyl (C=O) groups excluding carboxylic acids is 2. The molecule has 1 aliphatic heterocycles. The Balaban J connectivity index is 2.37. The fourth-order valence-corrected chi connectivity index (χ4v) is 4.16. The zero-order valence-electron chi connectivity index (χ0n) is 18.7. The molecule has 3 atom stereocenters. The third kappa shape index (κ3) is 4.17. The van der Waals surface area contributed by atoms with E-state index >= 15 is 0 Å². The molecule has 0 aliphatic carbocycles. The summed E-state index contributed by atoms with van der Waals surface area (Å²) in [7, 11) is 0. The van der Waals surface area contributed by atoms with Crippen LogP contribution in [0.1, 0.15) is 38.8 Å². The Bertz CT molecular complexity index is 968. The van der Waals surface area contributed by atoms with Crippen molar-refractivity contribution in [3.8, 4) is 0 Å². The molecule has 0 N–H and O–H groups in total. The van der Waals surface area contributed by atoms with E-state index in [0.29, 0.717) is 11.3 Å². The molecule has 3 rings (SSSR count). The number of amides is 2. The van der Waals surface area contributed by atoms with E-state index in [4.69, 9.17) is 26.1 Å². The number of benzene rings is 2. The molecule has 0 bridgehead atoms. The molecule has 0 radical (unpaired) electrons. The Kier molecular flexibility index (Phi) is 7.40. The second-order valence-corrected chi connectivity index (χ2v) is 7.96. The van der Waals surface area contributed by atoms with Crippen LogP contribution in [-0.2, 0) is 15.1 Å².